The maximum absolute atomic E-state index is 12.5. The fourth-order valence-corrected chi connectivity index (χ4v) is 1.63. The van der Waals surface area contributed by atoms with Crippen LogP contribution in [0.25, 0.3) is 0 Å². The van der Waals surface area contributed by atoms with Crippen molar-refractivity contribution < 1.29 is 36.6 Å². The van der Waals surface area contributed by atoms with Crippen molar-refractivity contribution in [1.82, 2.24) is 0 Å². The van der Waals surface area contributed by atoms with Crippen LogP contribution in [-0.2, 0) is 12.4 Å². The lowest BCUT2D eigenvalue weighted by molar-refractivity contribution is -0.143. The molecule has 0 aliphatic heterocycles. The summed E-state index contributed by atoms with van der Waals surface area (Å²) < 4.78 is 75.3. The molecule has 114 valence electrons. The highest BCUT2D eigenvalue weighted by molar-refractivity contribution is 6.18. The molecule has 0 radical (unpaired) electrons. The van der Waals surface area contributed by atoms with Crippen molar-refractivity contribution in [3.63, 3.8) is 0 Å². The Morgan fingerprint density at radius 1 is 0.900 bits per heavy atom. The van der Waals surface area contributed by atoms with Crippen LogP contribution in [0.4, 0.5) is 26.3 Å². The summed E-state index contributed by atoms with van der Waals surface area (Å²) in [6.45, 7) is 0. The van der Waals surface area contributed by atoms with E-state index in [4.69, 9.17) is 11.6 Å². The Hall–Kier alpha value is -0.990. The van der Waals surface area contributed by atoms with E-state index >= 15 is 0 Å². The second-order valence-electron chi connectivity index (χ2n) is 4.01. The summed E-state index contributed by atoms with van der Waals surface area (Å²) in [6.07, 6.45) is -13.7. The molecule has 0 fully saturated rings. The third-order valence-corrected chi connectivity index (χ3v) is 2.79. The van der Waals surface area contributed by atoms with Gasteiger partial charge in [0.1, 0.15) is 6.10 Å². The van der Waals surface area contributed by atoms with Crippen LogP contribution in [0.15, 0.2) is 18.2 Å². The van der Waals surface area contributed by atoms with E-state index in [0.29, 0.717) is 12.1 Å². The monoisotopic (exact) mass is 322 g/mol. The topological polar surface area (TPSA) is 40.5 Å². The largest absolute Gasteiger partial charge is 0.416 e. The lowest BCUT2D eigenvalue weighted by Gasteiger charge is -2.19. The van der Waals surface area contributed by atoms with Crippen molar-refractivity contribution in [3.05, 3.63) is 34.9 Å². The summed E-state index contributed by atoms with van der Waals surface area (Å²) in [4.78, 5) is 0. The highest BCUT2D eigenvalue weighted by atomic mass is 35.5. The highest BCUT2D eigenvalue weighted by Crippen LogP contribution is 2.37. The molecule has 1 aromatic rings. The molecule has 0 aliphatic carbocycles. The predicted octanol–water partition coefficient (Wildman–Crippen LogP) is 3.36. The molecule has 2 nitrogen and oxygen atoms in total. The summed E-state index contributed by atoms with van der Waals surface area (Å²) in [6, 6.07) is 0.620. The first-order chi connectivity index (χ1) is 8.96. The Balaban J connectivity index is 3.38. The highest BCUT2D eigenvalue weighted by Gasteiger charge is 2.37. The quantitative estimate of drug-likeness (QED) is 0.662. The number of alkyl halides is 7. The molecular formula is C11H9ClF6O2. The molecule has 0 saturated carbocycles. The summed E-state index contributed by atoms with van der Waals surface area (Å²) >= 11 is 5.20. The van der Waals surface area contributed by atoms with Crippen LogP contribution in [0.5, 0.6) is 0 Å². The van der Waals surface area contributed by atoms with Crippen molar-refractivity contribution in [2.45, 2.75) is 24.6 Å². The average molecular weight is 323 g/mol. The fourth-order valence-electron chi connectivity index (χ4n) is 1.46. The Labute approximate surface area is 114 Å². The Morgan fingerprint density at radius 2 is 1.30 bits per heavy atom. The number of aliphatic hydroxyl groups is 2. The summed E-state index contributed by atoms with van der Waals surface area (Å²) in [5.41, 5.74) is -3.84. The minimum absolute atomic E-state index is 0.0662. The lowest BCUT2D eigenvalue weighted by atomic mass is 9.99. The van der Waals surface area contributed by atoms with Gasteiger partial charge >= 0.3 is 12.4 Å². The number of hydrogen-bond acceptors (Lipinski definition) is 2. The molecule has 0 bridgehead atoms. The molecule has 0 aromatic heterocycles. The van der Waals surface area contributed by atoms with Crippen molar-refractivity contribution in [2.75, 3.05) is 5.88 Å². The van der Waals surface area contributed by atoms with Gasteiger partial charge in [-0.1, -0.05) is 0 Å². The molecular weight excluding hydrogens is 314 g/mol. The van der Waals surface area contributed by atoms with Crippen LogP contribution in [-0.4, -0.2) is 22.2 Å². The number of benzene rings is 1. The van der Waals surface area contributed by atoms with E-state index in [1.165, 1.54) is 0 Å². The maximum atomic E-state index is 12.5. The number of hydrogen-bond donors (Lipinski definition) is 2. The zero-order chi connectivity index (χ0) is 15.7. The van der Waals surface area contributed by atoms with E-state index in [1.807, 2.05) is 0 Å². The standard InChI is InChI=1S/C11H9ClF6O2/c12-4-8(19)9(20)5-1-6(10(13,14)15)3-7(2-5)11(16,17)18/h1-3,8-9,19-20H,4H2. The SMILES string of the molecule is OC(CCl)C(O)c1cc(C(F)(F)F)cc(C(F)(F)F)c1. The molecule has 20 heavy (non-hydrogen) atoms. The first-order valence-corrected chi connectivity index (χ1v) is 5.71. The van der Waals surface area contributed by atoms with Gasteiger partial charge in [-0.2, -0.15) is 26.3 Å². The molecule has 9 heteroatoms. The minimum Gasteiger partial charge on any atom is -0.389 e. The van der Waals surface area contributed by atoms with Crippen LogP contribution in [0.2, 0.25) is 0 Å². The maximum Gasteiger partial charge on any atom is 0.416 e. The Morgan fingerprint density at radius 3 is 1.60 bits per heavy atom. The molecule has 1 rings (SSSR count). The van der Waals surface area contributed by atoms with Gasteiger partial charge in [-0.25, -0.2) is 0 Å². The van der Waals surface area contributed by atoms with Crippen LogP contribution in [0.1, 0.15) is 22.8 Å². The van der Waals surface area contributed by atoms with E-state index in [-0.39, 0.29) is 6.07 Å². The average Bonchev–Trinajstić information content (AvgIpc) is 2.34. The molecule has 0 aliphatic rings. The molecule has 0 saturated heterocycles. The second-order valence-corrected chi connectivity index (χ2v) is 4.31. The molecule has 2 N–H and O–H groups in total. The molecule has 1 aromatic carbocycles. The van der Waals surface area contributed by atoms with Crippen LogP contribution >= 0.6 is 11.6 Å². The summed E-state index contributed by atoms with van der Waals surface area (Å²) in [7, 11) is 0. The summed E-state index contributed by atoms with van der Waals surface area (Å²) in [5.74, 6) is -0.543. The number of rotatable bonds is 3. The lowest BCUT2D eigenvalue weighted by Crippen LogP contribution is -2.21. The molecule has 0 heterocycles. The Kier molecular flexibility index (Phi) is 4.94. The van der Waals surface area contributed by atoms with Crippen molar-refractivity contribution in [1.29, 1.82) is 0 Å². The Bertz CT molecular complexity index is 439. The van der Waals surface area contributed by atoms with Crippen molar-refractivity contribution >= 4 is 11.6 Å². The zero-order valence-electron chi connectivity index (χ0n) is 9.63. The molecule has 0 spiro atoms. The number of halogens is 7. The molecule has 0 amide bonds. The van der Waals surface area contributed by atoms with Gasteiger partial charge in [0, 0.05) is 0 Å². The van der Waals surface area contributed by atoms with E-state index < -0.39 is 47.1 Å². The van der Waals surface area contributed by atoms with Gasteiger partial charge in [0.25, 0.3) is 0 Å². The molecule has 2 unspecified atom stereocenters. The fraction of sp³-hybridized carbons (Fsp3) is 0.455. The number of aliphatic hydroxyl groups excluding tert-OH is 2. The van der Waals surface area contributed by atoms with E-state index in [2.05, 4.69) is 0 Å². The van der Waals surface area contributed by atoms with E-state index in [9.17, 15) is 36.6 Å². The third-order valence-electron chi connectivity index (χ3n) is 2.47. The van der Waals surface area contributed by atoms with Crippen LogP contribution < -0.4 is 0 Å². The zero-order valence-corrected chi connectivity index (χ0v) is 10.4. The first-order valence-electron chi connectivity index (χ1n) is 5.18. The van der Waals surface area contributed by atoms with Gasteiger partial charge in [-0.15, -0.1) is 11.6 Å². The van der Waals surface area contributed by atoms with Gasteiger partial charge in [0.15, 0.2) is 0 Å². The predicted molar refractivity (Wildman–Crippen MR) is 58.1 cm³/mol. The third kappa shape index (κ3) is 4.00. The van der Waals surface area contributed by atoms with Gasteiger partial charge < -0.3 is 10.2 Å². The van der Waals surface area contributed by atoms with Gasteiger partial charge in [-0.3, -0.25) is 0 Å². The first kappa shape index (κ1) is 17.1. The molecule has 2 atom stereocenters. The van der Waals surface area contributed by atoms with E-state index in [1.54, 1.807) is 0 Å². The van der Waals surface area contributed by atoms with Gasteiger partial charge in [0.05, 0.1) is 23.1 Å². The normalized spacial score (nSPS) is 16.1. The van der Waals surface area contributed by atoms with Crippen molar-refractivity contribution in [2.24, 2.45) is 0 Å². The second kappa shape index (κ2) is 5.79. The van der Waals surface area contributed by atoms with Crippen molar-refractivity contribution in [3.8, 4) is 0 Å². The smallest absolute Gasteiger partial charge is 0.389 e. The van der Waals surface area contributed by atoms with Gasteiger partial charge in [0.2, 0.25) is 0 Å². The van der Waals surface area contributed by atoms with E-state index in [0.717, 1.165) is 0 Å². The minimum atomic E-state index is -5.01. The van der Waals surface area contributed by atoms with Gasteiger partial charge in [-0.05, 0) is 23.8 Å². The van der Waals surface area contributed by atoms with Crippen LogP contribution in [0.3, 0.4) is 0 Å². The van der Waals surface area contributed by atoms with Crippen LogP contribution in [0, 0.1) is 0 Å². The summed E-state index contributed by atoms with van der Waals surface area (Å²) in [5, 5.41) is 18.7.